The molecule has 0 bridgehead atoms. The van der Waals surface area contributed by atoms with Crippen LogP contribution in [0.25, 0.3) is 11.3 Å². The molecule has 1 aromatic heterocycles. The van der Waals surface area contributed by atoms with Gasteiger partial charge in [0.1, 0.15) is 6.07 Å². The maximum absolute atomic E-state index is 8.83. The van der Waals surface area contributed by atoms with E-state index in [4.69, 9.17) is 22.6 Å². The van der Waals surface area contributed by atoms with Gasteiger partial charge in [-0.15, -0.1) is 6.58 Å². The summed E-state index contributed by atoms with van der Waals surface area (Å²) in [6, 6.07) is 9.03. The topological polar surface area (TPSA) is 67.6 Å². The Bertz CT molecular complexity index is 639. The van der Waals surface area contributed by atoms with Gasteiger partial charge in [0, 0.05) is 17.8 Å². The molecule has 1 atom stereocenters. The highest BCUT2D eigenvalue weighted by Gasteiger charge is 2.07. The highest BCUT2D eigenvalue weighted by molar-refractivity contribution is 6.32. The second-order valence-corrected chi connectivity index (χ2v) is 4.54. The molecular formula is C14H13ClN4. The standard InChI is InChI=1S/C14H13ClN4/c1-2-12(17)9-19-6-5-14(18-19)10-3-4-11(8-16)13(15)7-10/h2-7,12H,1,9,17H2/t12-/m0/s1. The van der Waals surface area contributed by atoms with Crippen LogP contribution in [0, 0.1) is 11.3 Å². The second kappa shape index (κ2) is 5.70. The molecule has 2 aromatic rings. The van der Waals surface area contributed by atoms with E-state index in [1.54, 1.807) is 22.9 Å². The molecule has 0 amide bonds. The summed E-state index contributed by atoms with van der Waals surface area (Å²) in [5, 5.41) is 13.7. The quantitative estimate of drug-likeness (QED) is 0.870. The molecule has 2 N–H and O–H groups in total. The van der Waals surface area contributed by atoms with E-state index in [0.717, 1.165) is 11.3 Å². The van der Waals surface area contributed by atoms with Gasteiger partial charge in [0.25, 0.3) is 0 Å². The number of nitrogens with zero attached hydrogens (tertiary/aromatic N) is 3. The van der Waals surface area contributed by atoms with E-state index in [1.807, 2.05) is 24.4 Å². The van der Waals surface area contributed by atoms with Gasteiger partial charge in [-0.25, -0.2) is 0 Å². The average molecular weight is 273 g/mol. The Labute approximate surface area is 116 Å². The van der Waals surface area contributed by atoms with E-state index >= 15 is 0 Å². The van der Waals surface area contributed by atoms with Crippen LogP contribution in [0.3, 0.4) is 0 Å². The van der Waals surface area contributed by atoms with E-state index in [2.05, 4.69) is 11.7 Å². The van der Waals surface area contributed by atoms with Crippen molar-refractivity contribution in [2.75, 3.05) is 0 Å². The first-order valence-electron chi connectivity index (χ1n) is 5.75. The third-order valence-corrected chi connectivity index (χ3v) is 3.04. The van der Waals surface area contributed by atoms with Gasteiger partial charge in [0.05, 0.1) is 22.8 Å². The molecule has 4 nitrogen and oxygen atoms in total. The molecule has 0 saturated carbocycles. The zero-order valence-electron chi connectivity index (χ0n) is 10.3. The summed E-state index contributed by atoms with van der Waals surface area (Å²) in [4.78, 5) is 0. The Morgan fingerprint density at radius 2 is 2.32 bits per heavy atom. The van der Waals surface area contributed by atoms with Crippen molar-refractivity contribution in [3.8, 4) is 17.3 Å². The van der Waals surface area contributed by atoms with Gasteiger partial charge in [0.15, 0.2) is 0 Å². The molecule has 0 aliphatic heterocycles. The summed E-state index contributed by atoms with van der Waals surface area (Å²) in [6.07, 6.45) is 3.53. The first kappa shape index (κ1) is 13.3. The molecule has 1 heterocycles. The zero-order valence-corrected chi connectivity index (χ0v) is 11.0. The summed E-state index contributed by atoms with van der Waals surface area (Å²) >= 11 is 6.00. The highest BCUT2D eigenvalue weighted by Crippen LogP contribution is 2.24. The van der Waals surface area contributed by atoms with Crippen LogP contribution in [-0.4, -0.2) is 15.8 Å². The Morgan fingerprint density at radius 3 is 2.95 bits per heavy atom. The molecule has 0 unspecified atom stereocenters. The number of hydrogen-bond donors (Lipinski definition) is 1. The van der Waals surface area contributed by atoms with Gasteiger partial charge in [-0.3, -0.25) is 4.68 Å². The number of halogens is 1. The fourth-order valence-corrected chi connectivity index (χ4v) is 1.90. The largest absolute Gasteiger partial charge is 0.323 e. The van der Waals surface area contributed by atoms with Crippen molar-refractivity contribution in [3.63, 3.8) is 0 Å². The fraction of sp³-hybridized carbons (Fsp3) is 0.143. The predicted molar refractivity (Wildman–Crippen MR) is 75.6 cm³/mol. The molecule has 1 aromatic carbocycles. The minimum atomic E-state index is -0.127. The van der Waals surface area contributed by atoms with Crippen LogP contribution in [0.5, 0.6) is 0 Å². The molecule has 0 saturated heterocycles. The van der Waals surface area contributed by atoms with Crippen LogP contribution in [0.4, 0.5) is 0 Å². The van der Waals surface area contributed by atoms with Gasteiger partial charge in [-0.1, -0.05) is 23.7 Å². The smallest absolute Gasteiger partial charge is 0.101 e. The lowest BCUT2D eigenvalue weighted by atomic mass is 10.1. The summed E-state index contributed by atoms with van der Waals surface area (Å²) < 4.78 is 1.76. The maximum atomic E-state index is 8.83. The molecule has 0 aliphatic rings. The third kappa shape index (κ3) is 3.02. The van der Waals surface area contributed by atoms with Crippen molar-refractivity contribution in [2.45, 2.75) is 12.6 Å². The molecule has 0 fully saturated rings. The molecule has 5 heteroatoms. The normalized spacial score (nSPS) is 11.8. The van der Waals surface area contributed by atoms with E-state index in [1.165, 1.54) is 0 Å². The van der Waals surface area contributed by atoms with Gasteiger partial charge >= 0.3 is 0 Å². The van der Waals surface area contributed by atoms with Gasteiger partial charge < -0.3 is 5.73 Å². The molecule has 96 valence electrons. The van der Waals surface area contributed by atoms with Crippen LogP contribution >= 0.6 is 11.6 Å². The van der Waals surface area contributed by atoms with Gasteiger partial charge in [-0.2, -0.15) is 10.4 Å². The first-order valence-corrected chi connectivity index (χ1v) is 6.13. The van der Waals surface area contributed by atoms with E-state index in [9.17, 15) is 0 Å². The van der Waals surface area contributed by atoms with E-state index < -0.39 is 0 Å². The lowest BCUT2D eigenvalue weighted by molar-refractivity contribution is 0.570. The van der Waals surface area contributed by atoms with Gasteiger partial charge in [-0.05, 0) is 18.2 Å². The lowest BCUT2D eigenvalue weighted by Gasteiger charge is -2.05. The summed E-state index contributed by atoms with van der Waals surface area (Å²) in [6.45, 7) is 4.22. The van der Waals surface area contributed by atoms with E-state index in [0.29, 0.717) is 17.1 Å². The van der Waals surface area contributed by atoms with Crippen LogP contribution in [0.2, 0.25) is 5.02 Å². The molecule has 2 rings (SSSR count). The Kier molecular flexibility index (Phi) is 4.00. The average Bonchev–Trinajstić information content (AvgIpc) is 2.87. The zero-order chi connectivity index (χ0) is 13.8. The Morgan fingerprint density at radius 1 is 1.53 bits per heavy atom. The highest BCUT2D eigenvalue weighted by atomic mass is 35.5. The SMILES string of the molecule is C=C[C@H](N)Cn1ccc(-c2ccc(C#N)c(Cl)c2)n1. The molecular weight excluding hydrogens is 260 g/mol. The number of nitrogens with two attached hydrogens (primary N) is 1. The summed E-state index contributed by atoms with van der Waals surface area (Å²) in [7, 11) is 0. The Balaban J connectivity index is 2.26. The van der Waals surface area contributed by atoms with Crippen molar-refractivity contribution in [3.05, 3.63) is 53.7 Å². The number of nitriles is 1. The van der Waals surface area contributed by atoms with Crippen LogP contribution in [0.15, 0.2) is 43.1 Å². The van der Waals surface area contributed by atoms with Crippen molar-refractivity contribution >= 4 is 11.6 Å². The minimum absolute atomic E-state index is 0.127. The van der Waals surface area contributed by atoms with Crippen LogP contribution < -0.4 is 5.73 Å². The second-order valence-electron chi connectivity index (χ2n) is 4.13. The number of rotatable bonds is 4. The summed E-state index contributed by atoms with van der Waals surface area (Å²) in [5.41, 5.74) is 7.90. The Hall–Kier alpha value is -2.09. The lowest BCUT2D eigenvalue weighted by Crippen LogP contribution is -2.23. The monoisotopic (exact) mass is 272 g/mol. The summed E-state index contributed by atoms with van der Waals surface area (Å²) in [5.74, 6) is 0. The van der Waals surface area contributed by atoms with Crippen molar-refractivity contribution in [1.82, 2.24) is 9.78 Å². The fourth-order valence-electron chi connectivity index (χ4n) is 1.67. The molecule has 0 radical (unpaired) electrons. The van der Waals surface area contributed by atoms with Crippen LogP contribution in [0.1, 0.15) is 5.56 Å². The van der Waals surface area contributed by atoms with E-state index in [-0.39, 0.29) is 6.04 Å². The first-order chi connectivity index (χ1) is 9.13. The number of benzene rings is 1. The maximum Gasteiger partial charge on any atom is 0.101 e. The minimum Gasteiger partial charge on any atom is -0.323 e. The van der Waals surface area contributed by atoms with Crippen molar-refractivity contribution in [2.24, 2.45) is 5.73 Å². The van der Waals surface area contributed by atoms with Crippen LogP contribution in [-0.2, 0) is 6.54 Å². The predicted octanol–water partition coefficient (Wildman–Crippen LogP) is 2.59. The molecule has 0 spiro atoms. The van der Waals surface area contributed by atoms with Crippen molar-refractivity contribution in [1.29, 1.82) is 5.26 Å². The molecule has 19 heavy (non-hydrogen) atoms. The third-order valence-electron chi connectivity index (χ3n) is 2.73. The number of hydrogen-bond acceptors (Lipinski definition) is 3. The molecule has 0 aliphatic carbocycles. The van der Waals surface area contributed by atoms with Gasteiger partial charge in [0.2, 0.25) is 0 Å². The number of aromatic nitrogens is 2. The van der Waals surface area contributed by atoms with Crippen molar-refractivity contribution < 1.29 is 0 Å².